The zero-order valence-electron chi connectivity index (χ0n) is 48.8. The number of ether oxygens (including phenoxy) is 2. The molecule has 1 amide bonds. The number of unbranched alkanes of at least 4 members (excludes halogenated alkanes) is 21. The second-order valence-electron chi connectivity index (χ2n) is 21.1. The molecule has 2 atom stereocenters. The van der Waals surface area contributed by atoms with Gasteiger partial charge in [-0.25, -0.2) is 0 Å². The summed E-state index contributed by atoms with van der Waals surface area (Å²) >= 11 is 0. The zero-order chi connectivity index (χ0) is 52.0. The largest absolute Gasteiger partial charge is 0.465 e. The van der Waals surface area contributed by atoms with Gasteiger partial charge in [0.05, 0.1) is 13.2 Å². The van der Waals surface area contributed by atoms with Gasteiger partial charge in [-0.15, -0.1) is 0 Å². The van der Waals surface area contributed by atoms with Crippen LogP contribution < -0.4 is 0 Å². The molecule has 71 heavy (non-hydrogen) atoms. The van der Waals surface area contributed by atoms with Crippen molar-refractivity contribution in [1.29, 1.82) is 0 Å². The zero-order valence-corrected chi connectivity index (χ0v) is 48.8. The lowest BCUT2D eigenvalue weighted by Gasteiger charge is -2.33. The summed E-state index contributed by atoms with van der Waals surface area (Å²) in [6, 6.07) is 0.296. The van der Waals surface area contributed by atoms with Crippen LogP contribution in [0.15, 0.2) is 12.2 Å². The van der Waals surface area contributed by atoms with Gasteiger partial charge in [0.1, 0.15) is 0 Å². The summed E-state index contributed by atoms with van der Waals surface area (Å²) in [4.78, 5) is 43.8. The van der Waals surface area contributed by atoms with E-state index in [2.05, 4.69) is 84.3 Å². The Morgan fingerprint density at radius 2 is 0.761 bits per heavy atom. The van der Waals surface area contributed by atoms with Crippen molar-refractivity contribution in [2.75, 3.05) is 39.4 Å². The number of amides is 1. The first-order valence-corrected chi connectivity index (χ1v) is 31.2. The normalized spacial score (nSPS) is 12.6. The Morgan fingerprint density at radius 1 is 0.394 bits per heavy atom. The van der Waals surface area contributed by atoms with E-state index in [1.807, 2.05) is 0 Å². The van der Waals surface area contributed by atoms with Crippen LogP contribution in [0, 0.1) is 11.8 Å². The van der Waals surface area contributed by atoms with Crippen LogP contribution in [-0.4, -0.2) is 73.1 Å². The molecule has 0 bridgehead atoms. The Hall–Kier alpha value is -1.89. The first kappa shape index (κ1) is 73.4. The van der Waals surface area contributed by atoms with Crippen LogP contribution in [0.25, 0.3) is 0 Å². The molecule has 0 aliphatic rings. The fourth-order valence-electron chi connectivity index (χ4n) is 9.71. The number of esters is 2. The molecule has 0 saturated carbocycles. The number of carbonyl (C=O) groups is 3. The topological polar surface area (TPSA) is 76.2 Å². The van der Waals surface area contributed by atoms with Crippen LogP contribution in [0.1, 0.15) is 327 Å². The molecule has 0 aliphatic carbocycles. The maximum absolute atomic E-state index is 13.9. The van der Waals surface area contributed by atoms with Gasteiger partial charge in [-0.3, -0.25) is 14.4 Å². The Labute approximate surface area is 445 Å². The van der Waals surface area contributed by atoms with Crippen LogP contribution in [-0.2, 0) is 23.9 Å². The summed E-state index contributed by atoms with van der Waals surface area (Å²) < 4.78 is 11.6. The highest BCUT2D eigenvalue weighted by Gasteiger charge is 2.23. The molecule has 0 heterocycles. The molecule has 7 heteroatoms. The molecule has 0 aliphatic heterocycles. The maximum atomic E-state index is 13.9. The van der Waals surface area contributed by atoms with E-state index in [9.17, 15) is 14.4 Å². The van der Waals surface area contributed by atoms with Crippen LogP contribution in [0.3, 0.4) is 0 Å². The molecule has 0 aromatic carbocycles. The van der Waals surface area contributed by atoms with Gasteiger partial charge in [0.2, 0.25) is 5.91 Å². The SMILES string of the molecule is C.CCC=CCCC(=O)N(CCCN(CC)CC)C(CCCCCCCCC(=O)OCC(CCCC)CCCCCC)CCCCCCCCC(=O)OCC(CCCC)CCCCCC.CCCCCC. The first-order valence-electron chi connectivity index (χ1n) is 31.2. The number of allylic oxidation sites excluding steroid dienone is 2. The molecule has 0 rings (SSSR count). The predicted octanol–water partition coefficient (Wildman–Crippen LogP) is 19.8. The summed E-state index contributed by atoms with van der Waals surface area (Å²) in [7, 11) is 0. The lowest BCUT2D eigenvalue weighted by Crippen LogP contribution is -2.42. The third-order valence-corrected chi connectivity index (χ3v) is 14.6. The molecular formula is C64H128N2O5. The van der Waals surface area contributed by atoms with Gasteiger partial charge < -0.3 is 19.3 Å². The molecule has 424 valence electrons. The summed E-state index contributed by atoms with van der Waals surface area (Å²) in [6.07, 6.45) is 49.7. The smallest absolute Gasteiger partial charge is 0.305 e. The third kappa shape index (κ3) is 50.1. The van der Waals surface area contributed by atoms with Crippen molar-refractivity contribution >= 4 is 17.8 Å². The molecule has 7 nitrogen and oxygen atoms in total. The van der Waals surface area contributed by atoms with Crippen LogP contribution >= 0.6 is 0 Å². The Balaban J connectivity index is -0.00000617. The van der Waals surface area contributed by atoms with Gasteiger partial charge in [-0.05, 0) is 102 Å². The predicted molar refractivity (Wildman–Crippen MR) is 312 cm³/mol. The fraction of sp³-hybridized carbons (Fsp3) is 0.922. The first-order chi connectivity index (χ1) is 34.2. The van der Waals surface area contributed by atoms with E-state index in [1.54, 1.807) is 0 Å². The Morgan fingerprint density at radius 3 is 1.17 bits per heavy atom. The Kier molecular flexibility index (Phi) is 60.9. The Bertz CT molecular complexity index is 1060. The number of carbonyl (C=O) groups excluding carboxylic acids is 3. The molecule has 0 fully saturated rings. The molecular weight excluding hydrogens is 877 g/mol. The fourth-order valence-corrected chi connectivity index (χ4v) is 9.71. The monoisotopic (exact) mass is 1000 g/mol. The number of hydrogen-bond acceptors (Lipinski definition) is 6. The van der Waals surface area contributed by atoms with Gasteiger partial charge in [0.25, 0.3) is 0 Å². The summed E-state index contributed by atoms with van der Waals surface area (Å²) in [5.41, 5.74) is 0. The van der Waals surface area contributed by atoms with Gasteiger partial charge in [-0.1, -0.05) is 249 Å². The lowest BCUT2D eigenvalue weighted by atomic mass is 9.96. The van der Waals surface area contributed by atoms with E-state index >= 15 is 0 Å². The highest BCUT2D eigenvalue weighted by molar-refractivity contribution is 5.76. The van der Waals surface area contributed by atoms with Crippen molar-refractivity contribution < 1.29 is 23.9 Å². The van der Waals surface area contributed by atoms with Crippen molar-refractivity contribution in [3.05, 3.63) is 12.2 Å². The maximum Gasteiger partial charge on any atom is 0.305 e. The van der Waals surface area contributed by atoms with Crippen molar-refractivity contribution in [3.8, 4) is 0 Å². The highest BCUT2D eigenvalue weighted by Crippen LogP contribution is 2.23. The summed E-state index contributed by atoms with van der Waals surface area (Å²) in [5, 5.41) is 0. The highest BCUT2D eigenvalue weighted by atomic mass is 16.5. The number of nitrogens with zero attached hydrogens (tertiary/aromatic N) is 2. The molecule has 0 saturated heterocycles. The molecule has 0 aromatic rings. The standard InChI is InChI=1S/C57H110N2O5.C6H14.CH4/c1-8-15-20-31-41-52(39-18-11-4)50-63-56(61)46-36-29-25-23-27-33-43-54(59(49-38-48-58(13-6)14-7)55(60)45-35-22-17-10-3)44-34-28-24-26-30-37-47-57(62)64-51-53(40-19-12-5)42-32-21-16-9-2;1-3-5-6-4-2;/h17,22,52-54H,8-16,18-21,23-51H2,1-7H3;3-6H2,1-2H3;1H4. The second kappa shape index (κ2) is 59.0. The van der Waals surface area contributed by atoms with Crippen molar-refractivity contribution in [1.82, 2.24) is 9.80 Å². The third-order valence-electron chi connectivity index (χ3n) is 14.6. The van der Waals surface area contributed by atoms with Crippen LogP contribution in [0.4, 0.5) is 0 Å². The van der Waals surface area contributed by atoms with Crippen molar-refractivity contribution in [2.24, 2.45) is 11.8 Å². The minimum atomic E-state index is -0.0107. The van der Waals surface area contributed by atoms with E-state index < -0.39 is 0 Å². The van der Waals surface area contributed by atoms with Crippen LogP contribution in [0.5, 0.6) is 0 Å². The van der Waals surface area contributed by atoms with Crippen molar-refractivity contribution in [3.63, 3.8) is 0 Å². The number of rotatable bonds is 52. The summed E-state index contributed by atoms with van der Waals surface area (Å²) in [5.74, 6) is 1.35. The van der Waals surface area contributed by atoms with Gasteiger partial charge in [0.15, 0.2) is 0 Å². The van der Waals surface area contributed by atoms with E-state index in [4.69, 9.17) is 9.47 Å². The van der Waals surface area contributed by atoms with Gasteiger partial charge >= 0.3 is 11.9 Å². The summed E-state index contributed by atoms with van der Waals surface area (Å²) in [6.45, 7) is 25.3. The van der Waals surface area contributed by atoms with Crippen molar-refractivity contribution in [2.45, 2.75) is 333 Å². The van der Waals surface area contributed by atoms with E-state index in [1.165, 1.54) is 154 Å². The molecule has 0 aromatic heterocycles. The molecule has 0 N–H and O–H groups in total. The van der Waals surface area contributed by atoms with E-state index in [0.29, 0.717) is 56.3 Å². The number of hydrogen-bond donors (Lipinski definition) is 0. The van der Waals surface area contributed by atoms with Gasteiger partial charge in [-0.2, -0.15) is 0 Å². The molecule has 0 spiro atoms. The minimum absolute atomic E-state index is 0. The average molecular weight is 1010 g/mol. The van der Waals surface area contributed by atoms with Crippen LogP contribution in [0.2, 0.25) is 0 Å². The average Bonchev–Trinajstić information content (AvgIpc) is 3.37. The lowest BCUT2D eigenvalue weighted by molar-refractivity contribution is -0.146. The van der Waals surface area contributed by atoms with E-state index in [-0.39, 0.29) is 19.4 Å². The van der Waals surface area contributed by atoms with E-state index in [0.717, 1.165) is 110 Å². The second-order valence-corrected chi connectivity index (χ2v) is 21.1. The van der Waals surface area contributed by atoms with Gasteiger partial charge in [0, 0.05) is 31.8 Å². The quantitative estimate of drug-likeness (QED) is 0.0343. The molecule has 0 radical (unpaired) electrons. The minimum Gasteiger partial charge on any atom is -0.465 e. The molecule has 2 unspecified atom stereocenters.